The number of rotatable bonds is 7. The third kappa shape index (κ3) is 3.98. The maximum atomic E-state index is 9.09. The Balaban J connectivity index is 1.86. The Kier molecular flexibility index (Phi) is 5.77. The normalized spacial score (nSPS) is 12.5. The van der Waals surface area contributed by atoms with Gasteiger partial charge in [0.15, 0.2) is 0 Å². The molecule has 0 aliphatic carbocycles. The molecule has 5 nitrogen and oxygen atoms in total. The summed E-state index contributed by atoms with van der Waals surface area (Å²) in [5.41, 5.74) is 4.95. The molecule has 132 valence electrons. The van der Waals surface area contributed by atoms with E-state index in [1.165, 1.54) is 10.9 Å². The van der Waals surface area contributed by atoms with Crippen molar-refractivity contribution in [2.75, 3.05) is 20.3 Å². The van der Waals surface area contributed by atoms with Gasteiger partial charge in [-0.2, -0.15) is 5.26 Å². The number of benzene rings is 1. The first-order valence-corrected chi connectivity index (χ1v) is 8.66. The summed E-state index contributed by atoms with van der Waals surface area (Å²) in [6, 6.07) is 10.3. The van der Waals surface area contributed by atoms with Gasteiger partial charge < -0.3 is 9.72 Å². The van der Waals surface area contributed by atoms with Crippen LogP contribution in [0.5, 0.6) is 0 Å². The summed E-state index contributed by atoms with van der Waals surface area (Å²) >= 11 is 0. The standard InChI is InChI=1S/C21H22N4O/c1-15(5-6-23-7-8-26-2)20-14-25-21-4-3-17(10-19(20)21)18-9-16(11-22)12-24-13-18/h3-4,6,9-10,12-15,25H,5,7-8H2,1-2H3. The maximum Gasteiger partial charge on any atom is 0.101 e. The summed E-state index contributed by atoms with van der Waals surface area (Å²) in [6.45, 7) is 3.55. The van der Waals surface area contributed by atoms with Gasteiger partial charge in [-0.3, -0.25) is 9.98 Å². The number of methoxy groups -OCH3 is 1. The number of nitriles is 1. The van der Waals surface area contributed by atoms with Gasteiger partial charge in [-0.25, -0.2) is 0 Å². The van der Waals surface area contributed by atoms with Crippen LogP contribution in [-0.2, 0) is 4.74 Å². The Bertz CT molecular complexity index is 952. The van der Waals surface area contributed by atoms with E-state index in [0.29, 0.717) is 24.6 Å². The highest BCUT2D eigenvalue weighted by Crippen LogP contribution is 2.31. The first-order valence-electron chi connectivity index (χ1n) is 8.66. The van der Waals surface area contributed by atoms with Gasteiger partial charge in [-0.05, 0) is 47.9 Å². The van der Waals surface area contributed by atoms with E-state index in [9.17, 15) is 0 Å². The van der Waals surface area contributed by atoms with Gasteiger partial charge in [-0.15, -0.1) is 0 Å². The van der Waals surface area contributed by atoms with Crippen LogP contribution in [0.25, 0.3) is 22.0 Å². The molecule has 2 aromatic heterocycles. The lowest BCUT2D eigenvalue weighted by atomic mass is 9.95. The second kappa shape index (κ2) is 8.41. The molecule has 0 aliphatic heterocycles. The summed E-state index contributed by atoms with van der Waals surface area (Å²) in [5.74, 6) is 0.355. The van der Waals surface area contributed by atoms with Gasteiger partial charge >= 0.3 is 0 Å². The minimum absolute atomic E-state index is 0.355. The summed E-state index contributed by atoms with van der Waals surface area (Å²) in [7, 11) is 1.68. The number of aliphatic imine (C=N–C) groups is 1. The molecule has 0 saturated carbocycles. The number of ether oxygens (including phenoxy) is 1. The molecule has 0 bridgehead atoms. The topological polar surface area (TPSA) is 74.1 Å². The van der Waals surface area contributed by atoms with E-state index in [1.807, 2.05) is 12.3 Å². The van der Waals surface area contributed by atoms with Crippen molar-refractivity contribution in [3.05, 3.63) is 54.0 Å². The molecule has 0 spiro atoms. The number of nitrogens with zero attached hydrogens (tertiary/aromatic N) is 3. The Labute approximate surface area is 153 Å². The lowest BCUT2D eigenvalue weighted by molar-refractivity contribution is 0.208. The monoisotopic (exact) mass is 346 g/mol. The van der Waals surface area contributed by atoms with Crippen molar-refractivity contribution in [3.63, 3.8) is 0 Å². The van der Waals surface area contributed by atoms with Gasteiger partial charge in [0.05, 0.1) is 18.7 Å². The lowest BCUT2D eigenvalue weighted by Crippen LogP contribution is -1.96. The van der Waals surface area contributed by atoms with E-state index < -0.39 is 0 Å². The number of aromatic nitrogens is 2. The molecular formula is C21H22N4O. The number of hydrogen-bond donors (Lipinski definition) is 1. The lowest BCUT2D eigenvalue weighted by Gasteiger charge is -2.08. The van der Waals surface area contributed by atoms with Crippen LogP contribution in [0.15, 0.2) is 47.8 Å². The molecule has 0 radical (unpaired) electrons. The predicted molar refractivity (Wildman–Crippen MR) is 105 cm³/mol. The van der Waals surface area contributed by atoms with Crippen LogP contribution in [0.4, 0.5) is 0 Å². The zero-order chi connectivity index (χ0) is 18.4. The number of pyridine rings is 1. The maximum absolute atomic E-state index is 9.09. The number of hydrogen-bond acceptors (Lipinski definition) is 4. The van der Waals surface area contributed by atoms with Crippen LogP contribution < -0.4 is 0 Å². The second-order valence-corrected chi connectivity index (χ2v) is 6.30. The van der Waals surface area contributed by atoms with Gasteiger partial charge in [0.1, 0.15) is 6.07 Å². The Morgan fingerprint density at radius 3 is 3.00 bits per heavy atom. The average Bonchev–Trinajstić information content (AvgIpc) is 3.11. The molecule has 1 atom stereocenters. The predicted octanol–water partition coefficient (Wildman–Crippen LogP) is 4.31. The molecule has 0 aliphatic rings. The van der Waals surface area contributed by atoms with Crippen LogP contribution in [0.3, 0.4) is 0 Å². The Hall–Kier alpha value is -2.97. The summed E-state index contributed by atoms with van der Waals surface area (Å²) < 4.78 is 5.01. The number of fused-ring (bicyclic) bond motifs is 1. The van der Waals surface area contributed by atoms with E-state index in [1.54, 1.807) is 19.5 Å². The Morgan fingerprint density at radius 2 is 2.19 bits per heavy atom. The van der Waals surface area contributed by atoms with Crippen LogP contribution >= 0.6 is 0 Å². The fraction of sp³-hybridized carbons (Fsp3) is 0.286. The van der Waals surface area contributed by atoms with Crippen molar-refractivity contribution in [3.8, 4) is 17.2 Å². The molecule has 1 unspecified atom stereocenters. The number of aromatic amines is 1. The van der Waals surface area contributed by atoms with Crippen molar-refractivity contribution in [1.82, 2.24) is 9.97 Å². The molecule has 0 amide bonds. The molecule has 1 N–H and O–H groups in total. The van der Waals surface area contributed by atoms with E-state index in [0.717, 1.165) is 23.1 Å². The largest absolute Gasteiger partial charge is 0.383 e. The quantitative estimate of drug-likeness (QED) is 0.511. The highest BCUT2D eigenvalue weighted by atomic mass is 16.5. The van der Waals surface area contributed by atoms with Crippen molar-refractivity contribution >= 4 is 17.1 Å². The molecule has 0 fully saturated rings. The van der Waals surface area contributed by atoms with Crippen molar-refractivity contribution in [2.24, 2.45) is 4.99 Å². The van der Waals surface area contributed by atoms with Crippen LogP contribution in [0.1, 0.15) is 30.4 Å². The third-order valence-electron chi connectivity index (χ3n) is 4.46. The first kappa shape index (κ1) is 17.8. The third-order valence-corrected chi connectivity index (χ3v) is 4.46. The van der Waals surface area contributed by atoms with Crippen molar-refractivity contribution in [1.29, 1.82) is 5.26 Å². The van der Waals surface area contributed by atoms with E-state index >= 15 is 0 Å². The Morgan fingerprint density at radius 1 is 1.31 bits per heavy atom. The molecule has 2 heterocycles. The molecule has 3 aromatic rings. The zero-order valence-electron chi connectivity index (χ0n) is 15.1. The molecule has 0 saturated heterocycles. The molecular weight excluding hydrogens is 324 g/mol. The molecule has 3 rings (SSSR count). The van der Waals surface area contributed by atoms with E-state index in [4.69, 9.17) is 10.00 Å². The summed E-state index contributed by atoms with van der Waals surface area (Å²) in [6.07, 6.45) is 8.31. The smallest absolute Gasteiger partial charge is 0.101 e. The SMILES string of the molecule is COCCN=CCC(C)c1c[nH]c2ccc(-c3cncc(C#N)c3)cc12. The van der Waals surface area contributed by atoms with Gasteiger partial charge in [0.25, 0.3) is 0 Å². The summed E-state index contributed by atoms with van der Waals surface area (Å²) in [5, 5.41) is 10.3. The fourth-order valence-electron chi connectivity index (χ4n) is 2.98. The van der Waals surface area contributed by atoms with E-state index in [2.05, 4.69) is 52.3 Å². The van der Waals surface area contributed by atoms with Crippen LogP contribution in [0.2, 0.25) is 0 Å². The van der Waals surface area contributed by atoms with Gasteiger partial charge in [-0.1, -0.05) is 13.0 Å². The zero-order valence-corrected chi connectivity index (χ0v) is 15.1. The molecule has 1 aromatic carbocycles. The minimum atomic E-state index is 0.355. The van der Waals surface area contributed by atoms with E-state index in [-0.39, 0.29) is 0 Å². The highest BCUT2D eigenvalue weighted by molar-refractivity contribution is 5.88. The van der Waals surface area contributed by atoms with Crippen LogP contribution in [-0.4, -0.2) is 36.4 Å². The van der Waals surface area contributed by atoms with Crippen LogP contribution in [0, 0.1) is 11.3 Å². The average molecular weight is 346 g/mol. The van der Waals surface area contributed by atoms with Crippen molar-refractivity contribution < 1.29 is 4.74 Å². The molecule has 5 heteroatoms. The number of H-pyrrole nitrogens is 1. The van der Waals surface area contributed by atoms with Gasteiger partial charge in [0, 0.05) is 42.2 Å². The van der Waals surface area contributed by atoms with Gasteiger partial charge in [0.2, 0.25) is 0 Å². The fourth-order valence-corrected chi connectivity index (χ4v) is 2.98. The molecule has 26 heavy (non-hydrogen) atoms. The summed E-state index contributed by atoms with van der Waals surface area (Å²) in [4.78, 5) is 11.9. The number of nitrogens with one attached hydrogen (secondary N) is 1. The second-order valence-electron chi connectivity index (χ2n) is 6.30. The van der Waals surface area contributed by atoms with Crippen molar-refractivity contribution in [2.45, 2.75) is 19.3 Å². The first-order chi connectivity index (χ1) is 12.7. The highest BCUT2D eigenvalue weighted by Gasteiger charge is 2.12. The minimum Gasteiger partial charge on any atom is -0.383 e.